The lowest BCUT2D eigenvalue weighted by molar-refractivity contribution is -0.153. The van der Waals surface area contributed by atoms with Gasteiger partial charge >= 0.3 is 5.97 Å². The smallest absolute Gasteiger partial charge is 0.311 e. The van der Waals surface area contributed by atoms with Gasteiger partial charge in [0.25, 0.3) is 0 Å². The minimum atomic E-state index is -0.404. The van der Waals surface area contributed by atoms with Gasteiger partial charge in [-0.2, -0.15) is 0 Å². The molecule has 0 amide bonds. The van der Waals surface area contributed by atoms with Crippen molar-refractivity contribution in [3.05, 3.63) is 0 Å². The molecule has 0 heterocycles. The lowest BCUT2D eigenvalue weighted by Crippen LogP contribution is -2.24. The Labute approximate surface area is 85.7 Å². The summed E-state index contributed by atoms with van der Waals surface area (Å²) in [6.45, 7) is 7.61. The first-order chi connectivity index (χ1) is 5.85. The third kappa shape index (κ3) is 7.91. The van der Waals surface area contributed by atoms with Crippen LogP contribution < -0.4 is 0 Å². The van der Waals surface area contributed by atoms with Crippen LogP contribution in [-0.2, 0) is 9.53 Å². The Bertz CT molecular complexity index is 192. The van der Waals surface area contributed by atoms with Crippen LogP contribution in [0, 0.1) is 0 Å². The van der Waals surface area contributed by atoms with Gasteiger partial charge in [0, 0.05) is 4.86 Å². The first kappa shape index (κ1) is 12.6. The molecule has 0 rings (SSSR count). The monoisotopic (exact) mass is 202 g/mol. The molecule has 0 aromatic carbocycles. The summed E-state index contributed by atoms with van der Waals surface area (Å²) in [6, 6.07) is 0. The summed E-state index contributed by atoms with van der Waals surface area (Å²) in [5, 5.41) is 0. The summed E-state index contributed by atoms with van der Waals surface area (Å²) in [7, 11) is 0. The van der Waals surface area contributed by atoms with E-state index < -0.39 is 5.60 Å². The van der Waals surface area contributed by atoms with Gasteiger partial charge in [0.2, 0.25) is 0 Å². The SMILES string of the molecule is CCCC(=S)CC(=O)OC(C)(C)C. The first-order valence-corrected chi connectivity index (χ1v) is 4.99. The molecule has 0 fully saturated rings. The molecule has 0 aliphatic heterocycles. The molecule has 0 spiro atoms. The van der Waals surface area contributed by atoms with Crippen LogP contribution in [0.4, 0.5) is 0 Å². The lowest BCUT2D eigenvalue weighted by Gasteiger charge is -2.19. The highest BCUT2D eigenvalue weighted by Gasteiger charge is 2.16. The van der Waals surface area contributed by atoms with E-state index in [1.807, 2.05) is 27.7 Å². The van der Waals surface area contributed by atoms with E-state index in [9.17, 15) is 4.79 Å². The normalized spacial score (nSPS) is 11.1. The minimum Gasteiger partial charge on any atom is -0.460 e. The molecule has 0 atom stereocenters. The van der Waals surface area contributed by atoms with Crippen molar-refractivity contribution in [3.8, 4) is 0 Å². The number of carbonyl (C=O) groups excluding carboxylic acids is 1. The first-order valence-electron chi connectivity index (χ1n) is 4.58. The zero-order valence-electron chi connectivity index (χ0n) is 8.85. The number of hydrogen-bond acceptors (Lipinski definition) is 3. The highest BCUT2D eigenvalue weighted by atomic mass is 32.1. The van der Waals surface area contributed by atoms with Crippen molar-refractivity contribution < 1.29 is 9.53 Å². The van der Waals surface area contributed by atoms with Gasteiger partial charge < -0.3 is 4.74 Å². The molecule has 3 heteroatoms. The summed E-state index contributed by atoms with van der Waals surface area (Å²) in [5.74, 6) is -0.217. The largest absolute Gasteiger partial charge is 0.460 e. The Morgan fingerprint density at radius 2 is 1.92 bits per heavy atom. The molecule has 0 aliphatic rings. The summed E-state index contributed by atoms with van der Waals surface area (Å²) in [4.78, 5) is 12.0. The summed E-state index contributed by atoms with van der Waals surface area (Å²) < 4.78 is 5.13. The van der Waals surface area contributed by atoms with Gasteiger partial charge in [0.1, 0.15) is 5.60 Å². The van der Waals surface area contributed by atoms with Crippen molar-refractivity contribution in [2.75, 3.05) is 0 Å². The van der Waals surface area contributed by atoms with Crippen LogP contribution in [0.3, 0.4) is 0 Å². The number of carbonyl (C=O) groups is 1. The Kier molecular flexibility index (Phi) is 5.14. The highest BCUT2D eigenvalue weighted by molar-refractivity contribution is 7.80. The summed E-state index contributed by atoms with van der Waals surface area (Å²) >= 11 is 5.02. The van der Waals surface area contributed by atoms with Crippen LogP contribution in [0.15, 0.2) is 0 Å². The van der Waals surface area contributed by atoms with E-state index in [4.69, 9.17) is 17.0 Å². The molecule has 0 unspecified atom stereocenters. The Hall–Kier alpha value is -0.440. The van der Waals surface area contributed by atoms with Crippen molar-refractivity contribution in [2.24, 2.45) is 0 Å². The molecular weight excluding hydrogens is 184 g/mol. The van der Waals surface area contributed by atoms with Gasteiger partial charge in [-0.25, -0.2) is 0 Å². The van der Waals surface area contributed by atoms with Crippen molar-refractivity contribution in [3.63, 3.8) is 0 Å². The maximum absolute atomic E-state index is 11.2. The average Bonchev–Trinajstić information content (AvgIpc) is 1.81. The number of hydrogen-bond donors (Lipinski definition) is 0. The predicted molar refractivity (Wildman–Crippen MR) is 58.0 cm³/mol. The molecule has 0 bridgehead atoms. The molecule has 0 aliphatic carbocycles. The van der Waals surface area contributed by atoms with Crippen molar-refractivity contribution >= 4 is 23.1 Å². The quantitative estimate of drug-likeness (QED) is 0.518. The molecule has 0 aromatic rings. The van der Waals surface area contributed by atoms with E-state index in [0.717, 1.165) is 17.7 Å². The number of esters is 1. The molecule has 2 nitrogen and oxygen atoms in total. The molecule has 0 saturated carbocycles. The van der Waals surface area contributed by atoms with E-state index in [-0.39, 0.29) is 12.4 Å². The molecule has 0 aromatic heterocycles. The van der Waals surface area contributed by atoms with Crippen molar-refractivity contribution in [1.82, 2.24) is 0 Å². The van der Waals surface area contributed by atoms with Gasteiger partial charge in [-0.1, -0.05) is 25.6 Å². The zero-order valence-corrected chi connectivity index (χ0v) is 9.66. The molecular formula is C10H18O2S. The Morgan fingerprint density at radius 1 is 1.38 bits per heavy atom. The van der Waals surface area contributed by atoms with E-state index >= 15 is 0 Å². The Balaban J connectivity index is 3.82. The van der Waals surface area contributed by atoms with Gasteiger partial charge in [-0.3, -0.25) is 4.79 Å². The van der Waals surface area contributed by atoms with Crippen LogP contribution in [0.25, 0.3) is 0 Å². The number of rotatable bonds is 4. The van der Waals surface area contributed by atoms with Crippen molar-refractivity contribution in [1.29, 1.82) is 0 Å². The van der Waals surface area contributed by atoms with Gasteiger partial charge in [-0.15, -0.1) is 0 Å². The van der Waals surface area contributed by atoms with Crippen molar-refractivity contribution in [2.45, 2.75) is 52.6 Å². The second-order valence-electron chi connectivity index (χ2n) is 4.05. The van der Waals surface area contributed by atoms with Gasteiger partial charge in [0.05, 0.1) is 6.42 Å². The average molecular weight is 202 g/mol. The van der Waals surface area contributed by atoms with Crippen LogP contribution in [0.5, 0.6) is 0 Å². The van der Waals surface area contributed by atoms with E-state index in [1.165, 1.54) is 0 Å². The molecule has 0 N–H and O–H groups in total. The van der Waals surface area contributed by atoms with Gasteiger partial charge in [-0.05, 0) is 27.2 Å². The second-order valence-corrected chi connectivity index (χ2v) is 4.63. The molecule has 0 radical (unpaired) electrons. The van der Waals surface area contributed by atoms with Crippen LogP contribution in [0.1, 0.15) is 47.0 Å². The van der Waals surface area contributed by atoms with Crippen LogP contribution in [-0.4, -0.2) is 16.4 Å². The molecule has 0 saturated heterocycles. The fourth-order valence-corrected chi connectivity index (χ4v) is 1.23. The standard InChI is InChI=1S/C10H18O2S/c1-5-6-8(13)7-9(11)12-10(2,3)4/h5-7H2,1-4H3. The predicted octanol–water partition coefficient (Wildman–Crippen LogP) is 2.89. The lowest BCUT2D eigenvalue weighted by atomic mass is 10.1. The minimum absolute atomic E-state index is 0.217. The summed E-state index contributed by atoms with van der Waals surface area (Å²) in [5.41, 5.74) is -0.404. The second kappa shape index (κ2) is 5.32. The summed E-state index contributed by atoms with van der Waals surface area (Å²) in [6.07, 6.45) is 2.09. The van der Waals surface area contributed by atoms with Crippen LogP contribution in [0.2, 0.25) is 0 Å². The molecule has 76 valence electrons. The number of thiocarbonyl (C=S) groups is 1. The topological polar surface area (TPSA) is 26.3 Å². The molecule has 13 heavy (non-hydrogen) atoms. The third-order valence-corrected chi connectivity index (χ3v) is 1.64. The fraction of sp³-hybridized carbons (Fsp3) is 0.800. The van der Waals surface area contributed by atoms with Gasteiger partial charge in [0.15, 0.2) is 0 Å². The van der Waals surface area contributed by atoms with E-state index in [2.05, 4.69) is 0 Å². The Morgan fingerprint density at radius 3 is 2.31 bits per heavy atom. The van der Waals surface area contributed by atoms with E-state index in [0.29, 0.717) is 0 Å². The zero-order chi connectivity index (χ0) is 10.5. The van der Waals surface area contributed by atoms with Crippen LogP contribution >= 0.6 is 12.2 Å². The maximum atomic E-state index is 11.2. The number of ether oxygens (including phenoxy) is 1. The maximum Gasteiger partial charge on any atom is 0.311 e. The highest BCUT2D eigenvalue weighted by Crippen LogP contribution is 2.09. The van der Waals surface area contributed by atoms with E-state index in [1.54, 1.807) is 0 Å². The fourth-order valence-electron chi connectivity index (χ4n) is 0.906. The third-order valence-electron chi connectivity index (χ3n) is 1.29.